The Morgan fingerprint density at radius 3 is 2.90 bits per heavy atom. The topological polar surface area (TPSA) is 98.7 Å². The average Bonchev–Trinajstić information content (AvgIpc) is 3.37. The number of amides is 1. The lowest BCUT2D eigenvalue weighted by molar-refractivity contribution is 0.0946. The number of nitrogens with one attached hydrogen (secondary N) is 1. The van der Waals surface area contributed by atoms with Crippen molar-refractivity contribution in [2.45, 2.75) is 13.5 Å². The Bertz CT molecular complexity index is 1190. The summed E-state index contributed by atoms with van der Waals surface area (Å²) in [5.74, 6) is 0.607. The number of benzene rings is 1. The highest BCUT2D eigenvalue weighted by atomic mass is 35.5. The lowest BCUT2D eigenvalue weighted by Gasteiger charge is -2.06. The number of nitrogens with zero attached hydrogens (tertiary/aromatic N) is 5. The number of halogens is 2. The molecule has 0 aliphatic rings. The zero-order valence-corrected chi connectivity index (χ0v) is 15.9. The molecule has 0 atom stereocenters. The van der Waals surface area contributed by atoms with Gasteiger partial charge in [0, 0.05) is 29.5 Å². The van der Waals surface area contributed by atoms with E-state index >= 15 is 0 Å². The van der Waals surface area contributed by atoms with Gasteiger partial charge in [-0.2, -0.15) is 4.98 Å². The first-order chi connectivity index (χ1) is 14.0. The maximum atomic E-state index is 13.1. The molecule has 146 valence electrons. The molecule has 4 rings (SSSR count). The van der Waals surface area contributed by atoms with E-state index in [1.165, 1.54) is 24.5 Å². The molecule has 0 bridgehead atoms. The summed E-state index contributed by atoms with van der Waals surface area (Å²) < 4.78 is 19.9. The Morgan fingerprint density at radius 2 is 2.14 bits per heavy atom. The molecule has 1 amide bonds. The fourth-order valence-electron chi connectivity index (χ4n) is 2.60. The second kappa shape index (κ2) is 7.80. The predicted octanol–water partition coefficient (Wildman–Crippen LogP) is 3.35. The first kappa shape index (κ1) is 18.8. The standard InChI is InChI=1S/C19H14ClFN6O2/c1-11-25-19(29-26-11)12-4-5-22-17(6-12)27-9-16(24-10-27)18(28)23-8-13-2-3-14(21)7-15(13)20/h2-7,9-10H,8H2,1H3,(H,23,28). The number of aromatic nitrogens is 5. The lowest BCUT2D eigenvalue weighted by Crippen LogP contribution is -2.23. The number of hydrogen-bond acceptors (Lipinski definition) is 6. The monoisotopic (exact) mass is 412 g/mol. The number of imidazole rings is 1. The SMILES string of the molecule is Cc1noc(-c2ccnc(-n3cnc(C(=O)NCc4ccc(F)cc4Cl)c3)c2)n1. The minimum atomic E-state index is -0.436. The minimum Gasteiger partial charge on any atom is -0.347 e. The van der Waals surface area contributed by atoms with E-state index in [9.17, 15) is 9.18 Å². The van der Waals surface area contributed by atoms with E-state index in [1.54, 1.807) is 36.0 Å². The van der Waals surface area contributed by atoms with Crippen LogP contribution in [-0.2, 0) is 6.54 Å². The van der Waals surface area contributed by atoms with Gasteiger partial charge in [0.1, 0.15) is 23.7 Å². The van der Waals surface area contributed by atoms with Crippen molar-refractivity contribution in [3.63, 3.8) is 0 Å². The highest BCUT2D eigenvalue weighted by Crippen LogP contribution is 2.19. The molecule has 3 heterocycles. The molecule has 29 heavy (non-hydrogen) atoms. The maximum Gasteiger partial charge on any atom is 0.271 e. The van der Waals surface area contributed by atoms with Crippen molar-refractivity contribution in [1.29, 1.82) is 0 Å². The Balaban J connectivity index is 1.48. The quantitative estimate of drug-likeness (QED) is 0.539. The maximum absolute atomic E-state index is 13.1. The van der Waals surface area contributed by atoms with Gasteiger partial charge in [0.2, 0.25) is 0 Å². The van der Waals surface area contributed by atoms with Crippen LogP contribution in [0.25, 0.3) is 17.3 Å². The number of aryl methyl sites for hydroxylation is 1. The molecule has 0 saturated carbocycles. The van der Waals surface area contributed by atoms with E-state index in [4.69, 9.17) is 16.1 Å². The average molecular weight is 413 g/mol. The molecule has 3 aromatic heterocycles. The van der Waals surface area contributed by atoms with Crippen LogP contribution in [0.4, 0.5) is 4.39 Å². The normalized spacial score (nSPS) is 10.9. The molecule has 4 aromatic rings. The Hall–Kier alpha value is -3.59. The Morgan fingerprint density at radius 1 is 1.28 bits per heavy atom. The second-order valence-corrected chi connectivity index (χ2v) is 6.54. The van der Waals surface area contributed by atoms with Gasteiger partial charge < -0.3 is 9.84 Å². The van der Waals surface area contributed by atoms with E-state index in [2.05, 4.69) is 25.4 Å². The third-order valence-electron chi connectivity index (χ3n) is 4.05. The molecular formula is C19H14ClFN6O2. The highest BCUT2D eigenvalue weighted by Gasteiger charge is 2.13. The zero-order chi connectivity index (χ0) is 20.4. The van der Waals surface area contributed by atoms with Gasteiger partial charge in [0.15, 0.2) is 5.82 Å². The third kappa shape index (κ3) is 4.14. The molecule has 10 heteroatoms. The van der Waals surface area contributed by atoms with E-state index in [0.717, 1.165) is 0 Å². The molecule has 0 fully saturated rings. The van der Waals surface area contributed by atoms with Gasteiger partial charge in [0.25, 0.3) is 11.8 Å². The van der Waals surface area contributed by atoms with Crippen LogP contribution in [0.1, 0.15) is 21.9 Å². The Kier molecular flexibility index (Phi) is 5.05. The Labute approximate surface area is 169 Å². The first-order valence-corrected chi connectivity index (χ1v) is 8.90. The summed E-state index contributed by atoms with van der Waals surface area (Å²) in [5, 5.41) is 6.72. The number of hydrogen-bond donors (Lipinski definition) is 1. The fraction of sp³-hybridized carbons (Fsp3) is 0.105. The summed E-state index contributed by atoms with van der Waals surface area (Å²) >= 11 is 5.97. The van der Waals surface area contributed by atoms with Crippen LogP contribution in [0.15, 0.2) is 53.6 Å². The number of carbonyl (C=O) groups is 1. The third-order valence-corrected chi connectivity index (χ3v) is 4.41. The molecule has 0 radical (unpaired) electrons. The van der Waals surface area contributed by atoms with Crippen LogP contribution in [0.3, 0.4) is 0 Å². The van der Waals surface area contributed by atoms with Crippen molar-refractivity contribution >= 4 is 17.5 Å². The van der Waals surface area contributed by atoms with Gasteiger partial charge in [-0.05, 0) is 36.8 Å². The molecule has 0 aliphatic heterocycles. The molecule has 0 aliphatic carbocycles. The van der Waals surface area contributed by atoms with Crippen LogP contribution in [0, 0.1) is 12.7 Å². The number of pyridine rings is 1. The minimum absolute atomic E-state index is 0.148. The van der Waals surface area contributed by atoms with Crippen molar-refractivity contribution in [2.24, 2.45) is 0 Å². The van der Waals surface area contributed by atoms with Crippen LogP contribution >= 0.6 is 11.6 Å². The first-order valence-electron chi connectivity index (χ1n) is 8.53. The second-order valence-electron chi connectivity index (χ2n) is 6.13. The summed E-state index contributed by atoms with van der Waals surface area (Å²) in [6, 6.07) is 7.49. The summed E-state index contributed by atoms with van der Waals surface area (Å²) in [7, 11) is 0. The van der Waals surface area contributed by atoms with Gasteiger partial charge in [-0.3, -0.25) is 9.36 Å². The van der Waals surface area contributed by atoms with Gasteiger partial charge in [0.05, 0.1) is 0 Å². The van der Waals surface area contributed by atoms with Crippen LogP contribution in [-0.4, -0.2) is 30.6 Å². The number of rotatable bonds is 5. The van der Waals surface area contributed by atoms with E-state index in [0.29, 0.717) is 28.7 Å². The molecule has 8 nitrogen and oxygen atoms in total. The predicted molar refractivity (Wildman–Crippen MR) is 102 cm³/mol. The van der Waals surface area contributed by atoms with Crippen LogP contribution in [0.2, 0.25) is 5.02 Å². The lowest BCUT2D eigenvalue weighted by atomic mass is 10.2. The molecule has 0 spiro atoms. The summed E-state index contributed by atoms with van der Waals surface area (Å²) in [5.41, 5.74) is 1.50. The van der Waals surface area contributed by atoms with Crippen molar-refractivity contribution < 1.29 is 13.7 Å². The zero-order valence-electron chi connectivity index (χ0n) is 15.1. The number of carbonyl (C=O) groups excluding carboxylic acids is 1. The summed E-state index contributed by atoms with van der Waals surface area (Å²) in [4.78, 5) is 25.0. The molecular weight excluding hydrogens is 399 g/mol. The largest absolute Gasteiger partial charge is 0.347 e. The van der Waals surface area contributed by atoms with Crippen molar-refractivity contribution in [3.8, 4) is 17.3 Å². The molecule has 0 saturated heterocycles. The van der Waals surface area contributed by atoms with E-state index in [1.807, 2.05) is 0 Å². The van der Waals surface area contributed by atoms with Crippen molar-refractivity contribution in [2.75, 3.05) is 0 Å². The van der Waals surface area contributed by atoms with Crippen LogP contribution in [0.5, 0.6) is 0 Å². The molecule has 1 aromatic carbocycles. The van der Waals surface area contributed by atoms with E-state index in [-0.39, 0.29) is 17.3 Å². The highest BCUT2D eigenvalue weighted by molar-refractivity contribution is 6.31. The summed E-state index contributed by atoms with van der Waals surface area (Å²) in [6.45, 7) is 1.88. The van der Waals surface area contributed by atoms with Gasteiger partial charge in [-0.1, -0.05) is 22.8 Å². The van der Waals surface area contributed by atoms with Gasteiger partial charge >= 0.3 is 0 Å². The fourth-order valence-corrected chi connectivity index (χ4v) is 2.84. The summed E-state index contributed by atoms with van der Waals surface area (Å²) in [6.07, 6.45) is 4.62. The smallest absolute Gasteiger partial charge is 0.271 e. The van der Waals surface area contributed by atoms with Gasteiger partial charge in [-0.15, -0.1) is 0 Å². The van der Waals surface area contributed by atoms with Crippen LogP contribution < -0.4 is 5.32 Å². The van der Waals surface area contributed by atoms with Crippen molar-refractivity contribution in [3.05, 3.63) is 77.0 Å². The van der Waals surface area contributed by atoms with Crippen molar-refractivity contribution in [1.82, 2.24) is 30.0 Å². The molecule has 1 N–H and O–H groups in total. The van der Waals surface area contributed by atoms with E-state index < -0.39 is 11.7 Å². The van der Waals surface area contributed by atoms with Gasteiger partial charge in [-0.25, -0.2) is 14.4 Å². The molecule has 0 unspecified atom stereocenters.